The van der Waals surface area contributed by atoms with Gasteiger partial charge in [-0.1, -0.05) is 18.2 Å². The fraction of sp³-hybridized carbons (Fsp3) is 0.286. The van der Waals surface area contributed by atoms with E-state index in [0.717, 1.165) is 18.4 Å². The van der Waals surface area contributed by atoms with Crippen LogP contribution in [0.25, 0.3) is 0 Å². The van der Waals surface area contributed by atoms with Crippen LogP contribution in [0.3, 0.4) is 0 Å². The molecule has 0 spiro atoms. The van der Waals surface area contributed by atoms with E-state index in [1.54, 1.807) is 31.4 Å². The van der Waals surface area contributed by atoms with Gasteiger partial charge in [-0.05, 0) is 43.2 Å². The monoisotopic (exact) mass is 382 g/mol. The summed E-state index contributed by atoms with van der Waals surface area (Å²) in [5.41, 5.74) is 1.28. The highest BCUT2D eigenvalue weighted by Crippen LogP contribution is 2.51. The van der Waals surface area contributed by atoms with Crippen LogP contribution < -0.4 is 15.4 Å². The van der Waals surface area contributed by atoms with E-state index in [2.05, 4.69) is 10.6 Å². The van der Waals surface area contributed by atoms with Gasteiger partial charge >= 0.3 is 5.97 Å². The summed E-state index contributed by atoms with van der Waals surface area (Å²) < 4.78 is 5.40. The van der Waals surface area contributed by atoms with E-state index < -0.39 is 11.4 Å². The Labute approximate surface area is 162 Å². The van der Waals surface area contributed by atoms with Crippen LogP contribution >= 0.6 is 0 Å². The number of hydrogen-bond donors (Lipinski definition) is 3. The van der Waals surface area contributed by atoms with Crippen LogP contribution in [0.1, 0.15) is 35.2 Å². The number of ether oxygens (including phenoxy) is 1. The van der Waals surface area contributed by atoms with Crippen LogP contribution in [0, 0.1) is 0 Å². The third-order valence-electron chi connectivity index (χ3n) is 4.84. The maximum absolute atomic E-state index is 12.9. The first kappa shape index (κ1) is 19.4. The Kier molecular flexibility index (Phi) is 5.63. The van der Waals surface area contributed by atoms with Gasteiger partial charge < -0.3 is 20.5 Å². The van der Waals surface area contributed by atoms with Crippen LogP contribution in [0.5, 0.6) is 5.75 Å². The number of aliphatic carboxylic acids is 1. The lowest BCUT2D eigenvalue weighted by molar-refractivity contribution is -0.136. The van der Waals surface area contributed by atoms with Gasteiger partial charge in [-0.15, -0.1) is 0 Å². The van der Waals surface area contributed by atoms with Crippen molar-refractivity contribution >= 4 is 23.5 Å². The fourth-order valence-corrected chi connectivity index (χ4v) is 3.12. The molecule has 0 aromatic heterocycles. The number of rotatable bonds is 8. The molecule has 7 nitrogen and oxygen atoms in total. The first-order valence-electron chi connectivity index (χ1n) is 9.01. The number of hydrogen-bond acceptors (Lipinski definition) is 4. The Balaban J connectivity index is 1.65. The molecule has 2 aromatic rings. The van der Waals surface area contributed by atoms with Gasteiger partial charge in [-0.2, -0.15) is 0 Å². The molecular weight excluding hydrogens is 360 g/mol. The fourth-order valence-electron chi connectivity index (χ4n) is 3.12. The molecule has 1 saturated carbocycles. The van der Waals surface area contributed by atoms with E-state index in [1.165, 1.54) is 0 Å². The van der Waals surface area contributed by atoms with E-state index in [9.17, 15) is 14.4 Å². The predicted molar refractivity (Wildman–Crippen MR) is 104 cm³/mol. The Bertz CT molecular complexity index is 888. The van der Waals surface area contributed by atoms with Crippen molar-refractivity contribution in [3.05, 3.63) is 59.7 Å². The minimum absolute atomic E-state index is 0.0636. The third kappa shape index (κ3) is 4.14. The second-order valence-electron chi connectivity index (χ2n) is 6.71. The number of carbonyl (C=O) groups is 3. The molecule has 1 fully saturated rings. The lowest BCUT2D eigenvalue weighted by Gasteiger charge is -2.18. The largest absolute Gasteiger partial charge is 0.496 e. The highest BCUT2D eigenvalue weighted by Gasteiger charge is 2.52. The maximum Gasteiger partial charge on any atom is 0.305 e. The summed E-state index contributed by atoms with van der Waals surface area (Å²) in [6.45, 7) is 0.0636. The van der Waals surface area contributed by atoms with Gasteiger partial charge in [0.2, 0.25) is 5.91 Å². The summed E-state index contributed by atoms with van der Waals surface area (Å²) in [6, 6.07) is 14.0. The molecule has 28 heavy (non-hydrogen) atoms. The Morgan fingerprint density at radius 1 is 1.07 bits per heavy atom. The number of carboxylic acids is 1. The molecule has 0 radical (unpaired) electrons. The predicted octanol–water partition coefficient (Wildman–Crippen LogP) is 2.57. The molecule has 0 bridgehead atoms. The lowest BCUT2D eigenvalue weighted by atomic mass is 9.94. The van der Waals surface area contributed by atoms with Gasteiger partial charge in [0.15, 0.2) is 0 Å². The van der Waals surface area contributed by atoms with Crippen LogP contribution in [-0.2, 0) is 15.0 Å². The first-order chi connectivity index (χ1) is 13.5. The van der Waals surface area contributed by atoms with Crippen molar-refractivity contribution in [2.24, 2.45) is 0 Å². The molecule has 1 aliphatic carbocycles. The molecule has 0 unspecified atom stereocenters. The van der Waals surface area contributed by atoms with Gasteiger partial charge in [0.05, 0.1) is 18.9 Å². The third-order valence-corrected chi connectivity index (χ3v) is 4.84. The van der Waals surface area contributed by atoms with Crippen LogP contribution in [0.4, 0.5) is 5.69 Å². The number of para-hydroxylation sites is 1. The minimum atomic E-state index is -0.970. The molecule has 0 atom stereocenters. The standard InChI is InChI=1S/C21H22N2O5/c1-28-17-5-3-2-4-16(17)21(11-12-21)20(27)23-15-8-6-14(7-9-15)19(26)22-13-10-18(24)25/h2-9H,10-13H2,1H3,(H,22,26)(H,23,27)(H,24,25). The number of anilines is 1. The van der Waals surface area contributed by atoms with E-state index in [0.29, 0.717) is 17.0 Å². The number of nitrogens with one attached hydrogen (secondary N) is 2. The zero-order chi connectivity index (χ0) is 20.1. The van der Waals surface area contributed by atoms with Crippen LogP contribution in [0.15, 0.2) is 48.5 Å². The van der Waals surface area contributed by atoms with Crippen molar-refractivity contribution in [1.29, 1.82) is 0 Å². The van der Waals surface area contributed by atoms with E-state index in [4.69, 9.17) is 9.84 Å². The smallest absolute Gasteiger partial charge is 0.305 e. The summed E-state index contributed by atoms with van der Waals surface area (Å²) in [5.74, 6) is -0.728. The number of amides is 2. The van der Waals surface area contributed by atoms with Crippen LogP contribution in [-0.4, -0.2) is 36.5 Å². The Morgan fingerprint density at radius 3 is 2.36 bits per heavy atom. The molecule has 0 heterocycles. The molecule has 0 saturated heterocycles. The molecule has 0 aliphatic heterocycles. The van der Waals surface area contributed by atoms with Gasteiger partial charge in [0.25, 0.3) is 5.91 Å². The summed E-state index contributed by atoms with van der Waals surface area (Å²) in [7, 11) is 1.59. The first-order valence-corrected chi connectivity index (χ1v) is 9.01. The van der Waals surface area contributed by atoms with Crippen molar-refractivity contribution in [3.63, 3.8) is 0 Å². The molecule has 2 aromatic carbocycles. The topological polar surface area (TPSA) is 105 Å². The number of benzene rings is 2. The summed E-state index contributed by atoms with van der Waals surface area (Å²) in [6.07, 6.45) is 1.37. The zero-order valence-electron chi connectivity index (χ0n) is 15.5. The van der Waals surface area contributed by atoms with Crippen molar-refractivity contribution in [1.82, 2.24) is 5.32 Å². The molecular formula is C21H22N2O5. The normalized spacial score (nSPS) is 14.0. The SMILES string of the molecule is COc1ccccc1C1(C(=O)Nc2ccc(C(=O)NCCC(=O)O)cc2)CC1. The lowest BCUT2D eigenvalue weighted by Crippen LogP contribution is -2.28. The van der Waals surface area contributed by atoms with Crippen molar-refractivity contribution in [2.75, 3.05) is 19.0 Å². The molecule has 146 valence electrons. The summed E-state index contributed by atoms with van der Waals surface area (Å²) >= 11 is 0. The van der Waals surface area contributed by atoms with Gasteiger partial charge in [-0.3, -0.25) is 14.4 Å². The number of methoxy groups -OCH3 is 1. The average molecular weight is 382 g/mol. The van der Waals surface area contributed by atoms with E-state index in [-0.39, 0.29) is 24.8 Å². The highest BCUT2D eigenvalue weighted by atomic mass is 16.5. The highest BCUT2D eigenvalue weighted by molar-refractivity contribution is 6.02. The Hall–Kier alpha value is -3.35. The number of carboxylic acid groups (broad SMARTS) is 1. The van der Waals surface area contributed by atoms with Crippen molar-refractivity contribution in [2.45, 2.75) is 24.7 Å². The van der Waals surface area contributed by atoms with Gasteiger partial charge in [0, 0.05) is 23.4 Å². The minimum Gasteiger partial charge on any atom is -0.496 e. The molecule has 3 rings (SSSR count). The average Bonchev–Trinajstić information content (AvgIpc) is 3.50. The van der Waals surface area contributed by atoms with Crippen molar-refractivity contribution < 1.29 is 24.2 Å². The van der Waals surface area contributed by atoms with Gasteiger partial charge in [0.1, 0.15) is 5.75 Å². The van der Waals surface area contributed by atoms with E-state index in [1.807, 2.05) is 24.3 Å². The van der Waals surface area contributed by atoms with Crippen molar-refractivity contribution in [3.8, 4) is 5.75 Å². The molecule has 1 aliphatic rings. The van der Waals surface area contributed by atoms with Crippen LogP contribution in [0.2, 0.25) is 0 Å². The van der Waals surface area contributed by atoms with Gasteiger partial charge in [-0.25, -0.2) is 0 Å². The second kappa shape index (κ2) is 8.12. The summed E-state index contributed by atoms with van der Waals surface area (Å²) in [4.78, 5) is 35.4. The molecule has 3 N–H and O–H groups in total. The number of carbonyl (C=O) groups excluding carboxylic acids is 2. The molecule has 7 heteroatoms. The van der Waals surface area contributed by atoms with E-state index >= 15 is 0 Å². The quantitative estimate of drug-likeness (QED) is 0.651. The molecule has 2 amide bonds. The maximum atomic E-state index is 12.9. The Morgan fingerprint density at radius 2 is 1.75 bits per heavy atom. The second-order valence-corrected chi connectivity index (χ2v) is 6.71. The summed E-state index contributed by atoms with van der Waals surface area (Å²) in [5, 5.41) is 14.1. The zero-order valence-corrected chi connectivity index (χ0v) is 15.5.